The summed E-state index contributed by atoms with van der Waals surface area (Å²) in [4.78, 5) is 0. The number of nitrogens with two attached hydrogens (primary N) is 1. The second-order valence-corrected chi connectivity index (χ2v) is 6.14. The molecule has 1 aromatic rings. The van der Waals surface area contributed by atoms with E-state index in [9.17, 15) is 0 Å². The number of anilines is 1. The molecule has 0 heterocycles. The minimum absolute atomic E-state index is 0.560. The summed E-state index contributed by atoms with van der Waals surface area (Å²) in [6.07, 6.45) is 7.99. The number of aryl methyl sites for hydroxylation is 1. The summed E-state index contributed by atoms with van der Waals surface area (Å²) in [6.45, 7) is 3.53. The SMILES string of the molecule is CCC1(CNC2CCc3cc(N)ccc32)CCC1. The number of hydrogen-bond acceptors (Lipinski definition) is 2. The third-order valence-corrected chi connectivity index (χ3v) is 5.13. The van der Waals surface area contributed by atoms with E-state index in [-0.39, 0.29) is 0 Å². The number of benzene rings is 1. The van der Waals surface area contributed by atoms with E-state index < -0.39 is 0 Å². The van der Waals surface area contributed by atoms with Gasteiger partial charge in [-0.3, -0.25) is 0 Å². The van der Waals surface area contributed by atoms with Crippen LogP contribution < -0.4 is 11.1 Å². The van der Waals surface area contributed by atoms with Crippen LogP contribution >= 0.6 is 0 Å². The minimum atomic E-state index is 0.560. The van der Waals surface area contributed by atoms with Crippen molar-refractivity contribution in [3.8, 4) is 0 Å². The first-order valence-electron chi connectivity index (χ1n) is 7.34. The van der Waals surface area contributed by atoms with Crippen molar-refractivity contribution in [1.29, 1.82) is 0 Å². The van der Waals surface area contributed by atoms with Crippen molar-refractivity contribution in [3.05, 3.63) is 29.3 Å². The fraction of sp³-hybridized carbons (Fsp3) is 0.625. The Morgan fingerprint density at radius 2 is 2.22 bits per heavy atom. The molecule has 0 spiro atoms. The van der Waals surface area contributed by atoms with E-state index >= 15 is 0 Å². The molecule has 2 aliphatic rings. The maximum absolute atomic E-state index is 5.85. The van der Waals surface area contributed by atoms with Crippen LogP contribution in [-0.4, -0.2) is 6.54 Å². The molecule has 1 unspecified atom stereocenters. The van der Waals surface area contributed by atoms with E-state index in [0.717, 1.165) is 5.69 Å². The topological polar surface area (TPSA) is 38.0 Å². The predicted octanol–water partition coefficient (Wildman–Crippen LogP) is 3.43. The Hall–Kier alpha value is -1.02. The average Bonchev–Trinajstić information content (AvgIpc) is 2.71. The van der Waals surface area contributed by atoms with Crippen LogP contribution in [0.1, 0.15) is 56.2 Å². The molecule has 2 nitrogen and oxygen atoms in total. The molecule has 0 saturated heterocycles. The van der Waals surface area contributed by atoms with Gasteiger partial charge in [-0.05, 0) is 60.8 Å². The fourth-order valence-electron chi connectivity index (χ4n) is 3.52. The molecule has 1 saturated carbocycles. The second-order valence-electron chi connectivity index (χ2n) is 6.14. The number of nitrogens with one attached hydrogen (secondary N) is 1. The van der Waals surface area contributed by atoms with Gasteiger partial charge in [-0.1, -0.05) is 19.4 Å². The molecule has 0 aromatic heterocycles. The van der Waals surface area contributed by atoms with E-state index in [1.807, 2.05) is 6.07 Å². The first kappa shape index (κ1) is 12.0. The van der Waals surface area contributed by atoms with Gasteiger partial charge in [0.05, 0.1) is 0 Å². The normalized spacial score (nSPS) is 24.6. The van der Waals surface area contributed by atoms with Crippen LogP contribution in [0, 0.1) is 5.41 Å². The summed E-state index contributed by atoms with van der Waals surface area (Å²) in [5, 5.41) is 3.81. The fourth-order valence-corrected chi connectivity index (χ4v) is 3.52. The number of nitrogen functional groups attached to an aromatic ring is 1. The van der Waals surface area contributed by atoms with Crippen molar-refractivity contribution in [1.82, 2.24) is 5.32 Å². The zero-order chi connectivity index (χ0) is 12.6. The van der Waals surface area contributed by atoms with Crippen molar-refractivity contribution < 1.29 is 0 Å². The summed E-state index contributed by atoms with van der Waals surface area (Å²) < 4.78 is 0. The molecule has 1 fully saturated rings. The lowest BCUT2D eigenvalue weighted by Crippen LogP contribution is -2.40. The monoisotopic (exact) mass is 244 g/mol. The summed E-state index contributed by atoms with van der Waals surface area (Å²) >= 11 is 0. The van der Waals surface area contributed by atoms with Gasteiger partial charge in [0.2, 0.25) is 0 Å². The standard InChI is InChI=1S/C16H24N2/c1-2-16(8-3-9-16)11-18-15-7-4-12-10-13(17)5-6-14(12)15/h5-6,10,15,18H,2-4,7-9,11,17H2,1H3. The largest absolute Gasteiger partial charge is 0.399 e. The van der Waals surface area contributed by atoms with Gasteiger partial charge in [0, 0.05) is 18.3 Å². The van der Waals surface area contributed by atoms with Crippen LogP contribution in [0.2, 0.25) is 0 Å². The van der Waals surface area contributed by atoms with E-state index in [1.54, 1.807) is 0 Å². The van der Waals surface area contributed by atoms with Gasteiger partial charge in [0.1, 0.15) is 0 Å². The molecule has 2 aliphatic carbocycles. The van der Waals surface area contributed by atoms with Gasteiger partial charge in [0.15, 0.2) is 0 Å². The summed E-state index contributed by atoms with van der Waals surface area (Å²) in [5.41, 5.74) is 10.3. The molecule has 0 radical (unpaired) electrons. The lowest BCUT2D eigenvalue weighted by molar-refractivity contribution is 0.119. The third-order valence-electron chi connectivity index (χ3n) is 5.13. The molecule has 1 aromatic carbocycles. The van der Waals surface area contributed by atoms with E-state index in [4.69, 9.17) is 5.73 Å². The van der Waals surface area contributed by atoms with Crippen LogP contribution in [0.4, 0.5) is 5.69 Å². The van der Waals surface area contributed by atoms with E-state index in [0.29, 0.717) is 11.5 Å². The van der Waals surface area contributed by atoms with Crippen LogP contribution in [0.25, 0.3) is 0 Å². The van der Waals surface area contributed by atoms with Gasteiger partial charge in [-0.2, -0.15) is 0 Å². The Morgan fingerprint density at radius 1 is 1.39 bits per heavy atom. The van der Waals surface area contributed by atoms with Crippen molar-refractivity contribution in [2.75, 3.05) is 12.3 Å². The van der Waals surface area contributed by atoms with Crippen LogP contribution in [0.3, 0.4) is 0 Å². The van der Waals surface area contributed by atoms with E-state index in [2.05, 4.69) is 24.4 Å². The van der Waals surface area contributed by atoms with Gasteiger partial charge in [0.25, 0.3) is 0 Å². The molecule has 2 heteroatoms. The molecule has 0 bridgehead atoms. The van der Waals surface area contributed by atoms with Crippen LogP contribution in [0.5, 0.6) is 0 Å². The number of hydrogen-bond donors (Lipinski definition) is 2. The zero-order valence-corrected chi connectivity index (χ0v) is 11.3. The van der Waals surface area contributed by atoms with E-state index in [1.165, 1.54) is 56.2 Å². The summed E-state index contributed by atoms with van der Waals surface area (Å²) in [6, 6.07) is 6.97. The highest BCUT2D eigenvalue weighted by molar-refractivity contribution is 5.47. The molecular formula is C16H24N2. The second kappa shape index (κ2) is 4.58. The molecule has 3 rings (SSSR count). The Bertz CT molecular complexity index is 429. The lowest BCUT2D eigenvalue weighted by atomic mass is 9.67. The van der Waals surface area contributed by atoms with Crippen molar-refractivity contribution in [2.45, 2.75) is 51.5 Å². The third kappa shape index (κ3) is 2.03. The van der Waals surface area contributed by atoms with Crippen LogP contribution in [-0.2, 0) is 6.42 Å². The Kier molecular flexibility index (Phi) is 3.06. The van der Waals surface area contributed by atoms with Gasteiger partial charge < -0.3 is 11.1 Å². The lowest BCUT2D eigenvalue weighted by Gasteiger charge is -2.42. The van der Waals surface area contributed by atoms with Crippen molar-refractivity contribution in [3.63, 3.8) is 0 Å². The summed E-state index contributed by atoms with van der Waals surface area (Å²) in [5.74, 6) is 0. The Morgan fingerprint density at radius 3 is 2.89 bits per heavy atom. The van der Waals surface area contributed by atoms with Crippen LogP contribution in [0.15, 0.2) is 18.2 Å². The van der Waals surface area contributed by atoms with Gasteiger partial charge in [-0.15, -0.1) is 0 Å². The highest BCUT2D eigenvalue weighted by Crippen LogP contribution is 2.44. The first-order valence-corrected chi connectivity index (χ1v) is 7.34. The molecule has 1 atom stereocenters. The molecule has 0 amide bonds. The molecular weight excluding hydrogens is 220 g/mol. The van der Waals surface area contributed by atoms with Crippen molar-refractivity contribution >= 4 is 5.69 Å². The highest BCUT2D eigenvalue weighted by atomic mass is 14.9. The molecule has 0 aliphatic heterocycles. The van der Waals surface area contributed by atoms with Gasteiger partial charge in [-0.25, -0.2) is 0 Å². The minimum Gasteiger partial charge on any atom is -0.399 e. The predicted molar refractivity (Wildman–Crippen MR) is 76.5 cm³/mol. The summed E-state index contributed by atoms with van der Waals surface area (Å²) in [7, 11) is 0. The Labute approximate surface area is 110 Å². The number of rotatable bonds is 4. The molecule has 98 valence electrons. The average molecular weight is 244 g/mol. The Balaban J connectivity index is 1.66. The maximum Gasteiger partial charge on any atom is 0.0326 e. The van der Waals surface area contributed by atoms with Crippen molar-refractivity contribution in [2.24, 2.45) is 5.41 Å². The maximum atomic E-state index is 5.85. The smallest absolute Gasteiger partial charge is 0.0326 e. The quantitative estimate of drug-likeness (QED) is 0.796. The molecule has 18 heavy (non-hydrogen) atoms. The zero-order valence-electron chi connectivity index (χ0n) is 11.3. The first-order chi connectivity index (χ1) is 8.72. The highest BCUT2D eigenvalue weighted by Gasteiger charge is 2.35. The van der Waals surface area contributed by atoms with Gasteiger partial charge >= 0.3 is 0 Å². The molecule has 3 N–H and O–H groups in total. The number of fused-ring (bicyclic) bond motifs is 1.